The Morgan fingerprint density at radius 3 is 2.55 bits per heavy atom. The van der Waals surface area contributed by atoms with E-state index in [0.717, 1.165) is 24.0 Å². The third-order valence-electron chi connectivity index (χ3n) is 4.02. The fourth-order valence-corrected chi connectivity index (χ4v) is 2.75. The van der Waals surface area contributed by atoms with Gasteiger partial charge in [0, 0.05) is 17.8 Å². The molecule has 5 nitrogen and oxygen atoms in total. The lowest BCUT2D eigenvalue weighted by Gasteiger charge is -2.15. The summed E-state index contributed by atoms with van der Waals surface area (Å²) in [6.07, 6.45) is 5.86. The summed E-state index contributed by atoms with van der Waals surface area (Å²) in [5.41, 5.74) is 2.18. The number of benzene rings is 1. The number of hydrogen-bond donors (Lipinski definition) is 2. The average molecular weight is 297 g/mol. The van der Waals surface area contributed by atoms with Crippen LogP contribution in [0.1, 0.15) is 41.6 Å². The second-order valence-electron chi connectivity index (χ2n) is 5.75. The molecule has 1 fully saturated rings. The van der Waals surface area contributed by atoms with Gasteiger partial charge in [-0.15, -0.1) is 0 Å². The minimum atomic E-state index is -1.00. The van der Waals surface area contributed by atoms with Crippen LogP contribution in [0.2, 0.25) is 0 Å². The van der Waals surface area contributed by atoms with Crippen molar-refractivity contribution in [2.24, 2.45) is 0 Å². The fraction of sp³-hybridized carbons (Fsp3) is 0.353. The van der Waals surface area contributed by atoms with E-state index in [0.29, 0.717) is 17.7 Å². The van der Waals surface area contributed by atoms with E-state index in [1.807, 2.05) is 31.2 Å². The lowest BCUT2D eigenvalue weighted by molar-refractivity contribution is 0.0697. The van der Waals surface area contributed by atoms with Crippen LogP contribution in [0.5, 0.6) is 0 Å². The van der Waals surface area contributed by atoms with Crippen molar-refractivity contribution >= 4 is 11.8 Å². The molecule has 5 heteroatoms. The van der Waals surface area contributed by atoms with Crippen LogP contribution >= 0.6 is 0 Å². The van der Waals surface area contributed by atoms with Crippen LogP contribution in [0.3, 0.4) is 0 Å². The van der Waals surface area contributed by atoms with Gasteiger partial charge in [0.2, 0.25) is 0 Å². The number of aromatic nitrogens is 2. The molecule has 0 amide bonds. The molecule has 0 bridgehead atoms. The highest BCUT2D eigenvalue weighted by molar-refractivity contribution is 5.93. The summed E-state index contributed by atoms with van der Waals surface area (Å²) in [7, 11) is 0. The molecule has 0 atom stereocenters. The molecule has 0 radical (unpaired) electrons. The first-order chi connectivity index (χ1) is 10.6. The Labute approximate surface area is 129 Å². The third kappa shape index (κ3) is 3.08. The normalized spacial score (nSPS) is 15.0. The molecular weight excluding hydrogens is 278 g/mol. The second kappa shape index (κ2) is 6.13. The fourth-order valence-electron chi connectivity index (χ4n) is 2.75. The summed E-state index contributed by atoms with van der Waals surface area (Å²) < 4.78 is 0. The third-order valence-corrected chi connectivity index (χ3v) is 4.02. The van der Waals surface area contributed by atoms with Crippen LogP contribution in [0.15, 0.2) is 30.5 Å². The Morgan fingerprint density at radius 1 is 1.23 bits per heavy atom. The zero-order valence-corrected chi connectivity index (χ0v) is 12.5. The summed E-state index contributed by atoms with van der Waals surface area (Å²) >= 11 is 0. The Kier molecular flexibility index (Phi) is 4.04. The van der Waals surface area contributed by atoms with Crippen LogP contribution in [-0.2, 0) is 0 Å². The van der Waals surface area contributed by atoms with Gasteiger partial charge in [0.05, 0.1) is 0 Å². The first-order valence-corrected chi connectivity index (χ1v) is 7.57. The Balaban J connectivity index is 1.95. The largest absolute Gasteiger partial charge is 0.477 e. The lowest BCUT2D eigenvalue weighted by Crippen LogP contribution is -2.19. The maximum atomic E-state index is 11.4. The number of aromatic carboxylic acids is 1. The van der Waals surface area contributed by atoms with Crippen LogP contribution < -0.4 is 5.32 Å². The van der Waals surface area contributed by atoms with E-state index in [9.17, 15) is 9.90 Å². The number of aryl methyl sites for hydroxylation is 1. The van der Waals surface area contributed by atoms with Crippen LogP contribution in [0.4, 0.5) is 5.82 Å². The van der Waals surface area contributed by atoms with Gasteiger partial charge in [-0.2, -0.15) is 0 Å². The van der Waals surface area contributed by atoms with Crippen molar-refractivity contribution in [3.8, 4) is 11.4 Å². The Hall–Kier alpha value is -2.43. The van der Waals surface area contributed by atoms with Crippen LogP contribution in [-0.4, -0.2) is 27.1 Å². The number of carbonyl (C=O) groups is 1. The van der Waals surface area contributed by atoms with Crippen molar-refractivity contribution < 1.29 is 9.90 Å². The maximum absolute atomic E-state index is 11.4. The zero-order valence-electron chi connectivity index (χ0n) is 12.5. The van der Waals surface area contributed by atoms with Gasteiger partial charge in [-0.05, 0) is 19.8 Å². The highest BCUT2D eigenvalue weighted by Gasteiger charge is 2.20. The number of hydrogen-bond acceptors (Lipinski definition) is 4. The smallest absolute Gasteiger partial charge is 0.341 e. The van der Waals surface area contributed by atoms with Gasteiger partial charge in [0.25, 0.3) is 0 Å². The first-order valence-electron chi connectivity index (χ1n) is 7.57. The molecule has 114 valence electrons. The zero-order chi connectivity index (χ0) is 15.5. The summed E-state index contributed by atoms with van der Waals surface area (Å²) in [6, 6.07) is 8.19. The van der Waals surface area contributed by atoms with E-state index in [2.05, 4.69) is 15.3 Å². The van der Waals surface area contributed by atoms with Crippen molar-refractivity contribution in [2.45, 2.75) is 38.6 Å². The number of nitrogens with zero attached hydrogens (tertiary/aromatic N) is 2. The predicted octanol–water partition coefficient (Wildman–Crippen LogP) is 3.50. The molecule has 1 saturated carbocycles. The molecular formula is C17H19N3O2. The van der Waals surface area contributed by atoms with Gasteiger partial charge in [-0.25, -0.2) is 14.8 Å². The summed E-state index contributed by atoms with van der Waals surface area (Å²) in [5, 5.41) is 12.6. The van der Waals surface area contributed by atoms with Gasteiger partial charge in [-0.3, -0.25) is 0 Å². The van der Waals surface area contributed by atoms with Crippen molar-refractivity contribution in [3.05, 3.63) is 41.6 Å². The molecule has 3 rings (SSSR count). The van der Waals surface area contributed by atoms with Gasteiger partial charge in [-0.1, -0.05) is 42.7 Å². The molecule has 0 aliphatic heterocycles. The van der Waals surface area contributed by atoms with E-state index in [4.69, 9.17) is 0 Å². The summed E-state index contributed by atoms with van der Waals surface area (Å²) in [6.45, 7) is 2.02. The Bertz CT molecular complexity index is 677. The van der Waals surface area contributed by atoms with Crippen molar-refractivity contribution in [3.63, 3.8) is 0 Å². The molecule has 1 aliphatic carbocycles. The van der Waals surface area contributed by atoms with Crippen LogP contribution in [0.25, 0.3) is 11.4 Å². The summed E-state index contributed by atoms with van der Waals surface area (Å²) in [4.78, 5) is 20.0. The predicted molar refractivity (Wildman–Crippen MR) is 85.0 cm³/mol. The molecule has 0 unspecified atom stereocenters. The Morgan fingerprint density at radius 2 is 1.91 bits per heavy atom. The molecule has 0 spiro atoms. The maximum Gasteiger partial charge on any atom is 0.341 e. The number of carboxylic acid groups (broad SMARTS) is 1. The number of rotatable bonds is 4. The van der Waals surface area contributed by atoms with Crippen LogP contribution in [0, 0.1) is 6.92 Å². The molecule has 2 aromatic rings. The van der Waals surface area contributed by atoms with E-state index >= 15 is 0 Å². The lowest BCUT2D eigenvalue weighted by atomic mass is 10.1. The molecule has 22 heavy (non-hydrogen) atoms. The average Bonchev–Trinajstić information content (AvgIpc) is 3.00. The SMILES string of the molecule is Cc1ccc(-c2ncc(C(=O)O)c(NC3CCCC3)n2)cc1. The van der Waals surface area contributed by atoms with E-state index in [1.165, 1.54) is 19.0 Å². The number of nitrogens with one attached hydrogen (secondary N) is 1. The molecule has 1 aromatic carbocycles. The van der Waals surface area contributed by atoms with E-state index < -0.39 is 5.97 Å². The van der Waals surface area contributed by atoms with Gasteiger partial charge in [0.15, 0.2) is 5.82 Å². The molecule has 0 saturated heterocycles. The van der Waals surface area contributed by atoms with Gasteiger partial charge in [0.1, 0.15) is 11.4 Å². The summed E-state index contributed by atoms with van der Waals surface area (Å²) in [5.74, 6) is -0.0357. The quantitative estimate of drug-likeness (QED) is 0.903. The molecule has 1 aliphatic rings. The topological polar surface area (TPSA) is 75.1 Å². The van der Waals surface area contributed by atoms with Crippen molar-refractivity contribution in [2.75, 3.05) is 5.32 Å². The number of anilines is 1. The van der Waals surface area contributed by atoms with E-state index in [-0.39, 0.29) is 5.56 Å². The van der Waals surface area contributed by atoms with Gasteiger partial charge >= 0.3 is 5.97 Å². The molecule has 2 N–H and O–H groups in total. The highest BCUT2D eigenvalue weighted by Crippen LogP contribution is 2.25. The number of carboxylic acids is 1. The highest BCUT2D eigenvalue weighted by atomic mass is 16.4. The van der Waals surface area contributed by atoms with Gasteiger partial charge < -0.3 is 10.4 Å². The first kappa shape index (κ1) is 14.5. The standard InChI is InChI=1S/C17H19N3O2/c1-11-6-8-12(9-7-11)15-18-10-14(17(21)22)16(20-15)19-13-4-2-3-5-13/h6-10,13H,2-5H2,1H3,(H,21,22)(H,18,19,20). The minimum absolute atomic E-state index is 0.128. The van der Waals surface area contributed by atoms with Crippen molar-refractivity contribution in [1.82, 2.24) is 9.97 Å². The second-order valence-corrected chi connectivity index (χ2v) is 5.75. The monoisotopic (exact) mass is 297 g/mol. The minimum Gasteiger partial charge on any atom is -0.477 e. The van der Waals surface area contributed by atoms with Crippen molar-refractivity contribution in [1.29, 1.82) is 0 Å². The molecule has 1 heterocycles. The van der Waals surface area contributed by atoms with E-state index in [1.54, 1.807) is 0 Å². The molecule has 1 aromatic heterocycles.